The van der Waals surface area contributed by atoms with Crippen LogP contribution in [-0.2, 0) is 29.1 Å². The van der Waals surface area contributed by atoms with Crippen molar-refractivity contribution in [3.05, 3.63) is 53.6 Å². The highest BCUT2D eigenvalue weighted by molar-refractivity contribution is 7.89. The van der Waals surface area contributed by atoms with Crippen LogP contribution in [0.4, 0.5) is 11.4 Å². The van der Waals surface area contributed by atoms with Gasteiger partial charge in [-0.3, -0.25) is 9.59 Å². The number of sulfonamides is 1. The van der Waals surface area contributed by atoms with Crippen LogP contribution >= 0.6 is 0 Å². The number of hydrogen-bond donors (Lipinski definition) is 2. The fourth-order valence-corrected chi connectivity index (χ4v) is 4.71. The van der Waals surface area contributed by atoms with Crippen LogP contribution in [0.15, 0.2) is 47.4 Å². The predicted octanol–water partition coefficient (Wildman–Crippen LogP) is 2.16. The maximum atomic E-state index is 12.9. The zero-order chi connectivity index (χ0) is 24.9. The number of carbonyl (C=O) groups is 3. The molecule has 34 heavy (non-hydrogen) atoms. The van der Waals surface area contributed by atoms with Crippen molar-refractivity contribution in [3.63, 3.8) is 0 Å². The van der Waals surface area contributed by atoms with Gasteiger partial charge in [-0.25, -0.2) is 13.2 Å². The monoisotopic (exact) mass is 489 g/mol. The number of anilines is 2. The van der Waals surface area contributed by atoms with Crippen molar-refractivity contribution < 1.29 is 32.3 Å². The van der Waals surface area contributed by atoms with E-state index in [1.54, 1.807) is 31.2 Å². The van der Waals surface area contributed by atoms with Gasteiger partial charge in [-0.05, 0) is 55.8 Å². The summed E-state index contributed by atoms with van der Waals surface area (Å²) in [5, 5.41) is 5.25. The third-order valence-corrected chi connectivity index (χ3v) is 7.06. The van der Waals surface area contributed by atoms with Crippen LogP contribution < -0.4 is 10.6 Å². The standard InChI is InChI=1S/C23H27N3O7S/c1-15-4-9-20(34(30,31)26-10-12-32-13-11-26)14-21(15)23(29)33-16(2)22(28)25-19-7-5-18(6-8-19)24-17(3)27/h4-9,14,16H,10-13H2,1-3H3,(H,24,27)(H,25,28)/t16-/m1/s1. The van der Waals surface area contributed by atoms with Crippen LogP contribution in [0, 0.1) is 6.92 Å². The molecule has 1 aliphatic heterocycles. The molecule has 0 saturated carbocycles. The summed E-state index contributed by atoms with van der Waals surface area (Å²) in [5.41, 5.74) is 1.62. The van der Waals surface area contributed by atoms with E-state index in [-0.39, 0.29) is 29.5 Å². The molecule has 1 atom stereocenters. The van der Waals surface area contributed by atoms with Gasteiger partial charge in [0.15, 0.2) is 6.10 Å². The fourth-order valence-electron chi connectivity index (χ4n) is 3.28. The number of benzene rings is 2. The summed E-state index contributed by atoms with van der Waals surface area (Å²) in [6, 6.07) is 10.7. The number of nitrogens with one attached hydrogen (secondary N) is 2. The lowest BCUT2D eigenvalue weighted by atomic mass is 10.1. The molecule has 1 fully saturated rings. The summed E-state index contributed by atoms with van der Waals surface area (Å²) in [6.45, 7) is 5.55. The van der Waals surface area contributed by atoms with Gasteiger partial charge in [0.25, 0.3) is 5.91 Å². The summed E-state index contributed by atoms with van der Waals surface area (Å²) in [5.74, 6) is -1.58. The molecule has 182 valence electrons. The lowest BCUT2D eigenvalue weighted by Crippen LogP contribution is -2.40. The Kier molecular flexibility index (Phi) is 8.02. The van der Waals surface area contributed by atoms with Gasteiger partial charge in [-0.15, -0.1) is 0 Å². The topological polar surface area (TPSA) is 131 Å². The second-order valence-electron chi connectivity index (χ2n) is 7.79. The van der Waals surface area contributed by atoms with E-state index in [0.717, 1.165) is 0 Å². The van der Waals surface area contributed by atoms with Gasteiger partial charge in [0, 0.05) is 31.4 Å². The van der Waals surface area contributed by atoms with Crippen molar-refractivity contribution in [3.8, 4) is 0 Å². The summed E-state index contributed by atoms with van der Waals surface area (Å²) < 4.78 is 37.7. The molecule has 2 N–H and O–H groups in total. The first-order chi connectivity index (χ1) is 16.1. The zero-order valence-electron chi connectivity index (χ0n) is 19.2. The highest BCUT2D eigenvalue weighted by Gasteiger charge is 2.28. The van der Waals surface area contributed by atoms with Crippen molar-refractivity contribution >= 4 is 39.2 Å². The lowest BCUT2D eigenvalue weighted by Gasteiger charge is -2.26. The lowest BCUT2D eigenvalue weighted by molar-refractivity contribution is -0.123. The van der Waals surface area contributed by atoms with Gasteiger partial charge in [-0.1, -0.05) is 6.07 Å². The largest absolute Gasteiger partial charge is 0.449 e. The van der Waals surface area contributed by atoms with Crippen LogP contribution in [0.1, 0.15) is 29.8 Å². The number of esters is 1. The van der Waals surface area contributed by atoms with Gasteiger partial charge >= 0.3 is 5.97 Å². The Morgan fingerprint density at radius 2 is 1.59 bits per heavy atom. The zero-order valence-corrected chi connectivity index (χ0v) is 20.0. The van der Waals surface area contributed by atoms with E-state index in [1.165, 1.54) is 36.4 Å². The Morgan fingerprint density at radius 3 is 2.18 bits per heavy atom. The molecule has 11 heteroatoms. The molecule has 0 unspecified atom stereocenters. The van der Waals surface area contributed by atoms with E-state index in [4.69, 9.17) is 9.47 Å². The van der Waals surface area contributed by atoms with Crippen LogP contribution in [0.25, 0.3) is 0 Å². The first kappa shape index (κ1) is 25.3. The van der Waals surface area contributed by atoms with Crippen molar-refractivity contribution in [2.45, 2.75) is 31.8 Å². The van der Waals surface area contributed by atoms with E-state index < -0.39 is 28.0 Å². The number of hydrogen-bond acceptors (Lipinski definition) is 7. The molecule has 10 nitrogen and oxygen atoms in total. The van der Waals surface area contributed by atoms with Crippen LogP contribution in [0.5, 0.6) is 0 Å². The average molecular weight is 490 g/mol. The molecule has 1 saturated heterocycles. The number of rotatable bonds is 7. The molecule has 3 rings (SSSR count). The smallest absolute Gasteiger partial charge is 0.339 e. The molecule has 1 aliphatic rings. The van der Waals surface area contributed by atoms with Crippen LogP contribution in [-0.4, -0.2) is 62.9 Å². The highest BCUT2D eigenvalue weighted by Crippen LogP contribution is 2.22. The molecule has 2 aromatic carbocycles. The minimum Gasteiger partial charge on any atom is -0.449 e. The summed E-state index contributed by atoms with van der Waals surface area (Å²) in [6.07, 6.45) is -1.14. The van der Waals surface area contributed by atoms with E-state index in [2.05, 4.69) is 10.6 Å². The van der Waals surface area contributed by atoms with E-state index in [1.807, 2.05) is 0 Å². The van der Waals surface area contributed by atoms with Crippen molar-refractivity contribution in [2.24, 2.45) is 0 Å². The molecule has 0 aliphatic carbocycles. The van der Waals surface area contributed by atoms with Gasteiger partial charge in [-0.2, -0.15) is 4.31 Å². The van der Waals surface area contributed by atoms with E-state index >= 15 is 0 Å². The number of nitrogens with zero attached hydrogens (tertiary/aromatic N) is 1. The van der Waals surface area contributed by atoms with Crippen LogP contribution in [0.2, 0.25) is 0 Å². The molecular formula is C23H27N3O7S. The molecular weight excluding hydrogens is 462 g/mol. The Labute approximate surface area is 198 Å². The Morgan fingerprint density at radius 1 is 1.00 bits per heavy atom. The molecule has 0 spiro atoms. The number of ether oxygens (including phenoxy) is 2. The highest BCUT2D eigenvalue weighted by atomic mass is 32.2. The van der Waals surface area contributed by atoms with E-state index in [9.17, 15) is 22.8 Å². The average Bonchev–Trinajstić information content (AvgIpc) is 2.80. The minimum absolute atomic E-state index is 0.0247. The predicted molar refractivity (Wildman–Crippen MR) is 125 cm³/mol. The van der Waals surface area contributed by atoms with Gasteiger partial charge in [0.1, 0.15) is 0 Å². The van der Waals surface area contributed by atoms with Gasteiger partial charge in [0.05, 0.1) is 23.7 Å². The van der Waals surface area contributed by atoms with E-state index in [0.29, 0.717) is 30.2 Å². The maximum absolute atomic E-state index is 12.9. The molecule has 2 aromatic rings. The maximum Gasteiger partial charge on any atom is 0.339 e. The second kappa shape index (κ2) is 10.8. The molecule has 0 radical (unpaired) electrons. The van der Waals surface area contributed by atoms with Crippen molar-refractivity contribution in [1.29, 1.82) is 0 Å². The Bertz CT molecular complexity index is 1170. The Balaban J connectivity index is 1.67. The van der Waals surface area contributed by atoms with Crippen molar-refractivity contribution in [2.75, 3.05) is 36.9 Å². The summed E-state index contributed by atoms with van der Waals surface area (Å²) in [7, 11) is -3.79. The normalized spacial score (nSPS) is 15.3. The second-order valence-corrected chi connectivity index (χ2v) is 9.73. The Hall–Kier alpha value is -3.28. The number of aryl methyl sites for hydroxylation is 1. The fraction of sp³-hybridized carbons (Fsp3) is 0.348. The SMILES string of the molecule is CC(=O)Nc1ccc(NC(=O)[C@@H](C)OC(=O)c2cc(S(=O)(=O)N3CCOCC3)ccc2C)cc1. The third-order valence-electron chi connectivity index (χ3n) is 5.16. The minimum atomic E-state index is -3.79. The first-order valence-electron chi connectivity index (χ1n) is 10.7. The number of morpholine rings is 1. The number of amides is 2. The number of carbonyl (C=O) groups excluding carboxylic acids is 3. The molecule has 0 aromatic heterocycles. The van der Waals surface area contributed by atoms with Gasteiger partial charge in [0.2, 0.25) is 15.9 Å². The molecule has 1 heterocycles. The molecule has 0 bridgehead atoms. The quantitative estimate of drug-likeness (QED) is 0.570. The molecule has 2 amide bonds. The summed E-state index contributed by atoms with van der Waals surface area (Å²) in [4.78, 5) is 36.3. The van der Waals surface area contributed by atoms with Gasteiger partial charge < -0.3 is 20.1 Å². The van der Waals surface area contributed by atoms with Crippen molar-refractivity contribution in [1.82, 2.24) is 4.31 Å². The first-order valence-corrected chi connectivity index (χ1v) is 12.1. The third kappa shape index (κ3) is 6.19. The summed E-state index contributed by atoms with van der Waals surface area (Å²) >= 11 is 0. The van der Waals surface area contributed by atoms with Crippen LogP contribution in [0.3, 0.4) is 0 Å².